The SMILES string of the molecule is COc1ccc(OCc2nnnn2-c2ccccc2)c([N+](=O)[O-])c1. The Morgan fingerprint density at radius 2 is 2.00 bits per heavy atom. The summed E-state index contributed by atoms with van der Waals surface area (Å²) in [4.78, 5) is 10.6. The maximum atomic E-state index is 11.2. The molecule has 0 aliphatic rings. The molecule has 0 fully saturated rings. The van der Waals surface area contributed by atoms with Gasteiger partial charge in [0.2, 0.25) is 0 Å². The topological polar surface area (TPSA) is 105 Å². The van der Waals surface area contributed by atoms with Gasteiger partial charge in [-0.3, -0.25) is 10.1 Å². The zero-order valence-corrected chi connectivity index (χ0v) is 12.7. The van der Waals surface area contributed by atoms with E-state index in [1.165, 1.54) is 23.9 Å². The molecule has 1 aromatic heterocycles. The first-order chi connectivity index (χ1) is 11.7. The molecule has 0 atom stereocenters. The molecular formula is C15H13N5O4. The molecule has 0 spiro atoms. The third kappa shape index (κ3) is 3.14. The highest BCUT2D eigenvalue weighted by Gasteiger charge is 2.18. The number of aromatic nitrogens is 4. The average Bonchev–Trinajstić information content (AvgIpc) is 3.09. The molecule has 1 heterocycles. The Kier molecular flexibility index (Phi) is 4.32. The predicted octanol–water partition coefficient (Wildman–Crippen LogP) is 2.16. The Labute approximate surface area is 136 Å². The summed E-state index contributed by atoms with van der Waals surface area (Å²) in [6.45, 7) is -0.0188. The molecule has 3 aromatic rings. The summed E-state index contributed by atoms with van der Waals surface area (Å²) in [5, 5.41) is 22.6. The largest absolute Gasteiger partial charge is 0.496 e. The first kappa shape index (κ1) is 15.4. The van der Waals surface area contributed by atoms with Crippen molar-refractivity contribution in [2.24, 2.45) is 0 Å². The van der Waals surface area contributed by atoms with Crippen LogP contribution in [0.1, 0.15) is 5.82 Å². The van der Waals surface area contributed by atoms with Crippen LogP contribution >= 0.6 is 0 Å². The van der Waals surface area contributed by atoms with E-state index in [2.05, 4.69) is 15.5 Å². The number of tetrazole rings is 1. The van der Waals surface area contributed by atoms with Crippen molar-refractivity contribution in [3.8, 4) is 17.2 Å². The number of hydrogen-bond donors (Lipinski definition) is 0. The third-order valence-electron chi connectivity index (χ3n) is 3.25. The zero-order valence-electron chi connectivity index (χ0n) is 12.7. The van der Waals surface area contributed by atoms with E-state index in [0.717, 1.165) is 5.69 Å². The molecule has 0 saturated heterocycles. The van der Waals surface area contributed by atoms with Gasteiger partial charge in [0.05, 0.1) is 23.8 Å². The fourth-order valence-corrected chi connectivity index (χ4v) is 2.10. The van der Waals surface area contributed by atoms with Crippen LogP contribution < -0.4 is 9.47 Å². The van der Waals surface area contributed by atoms with E-state index in [-0.39, 0.29) is 18.0 Å². The van der Waals surface area contributed by atoms with Gasteiger partial charge in [-0.2, -0.15) is 4.68 Å². The quantitative estimate of drug-likeness (QED) is 0.504. The lowest BCUT2D eigenvalue weighted by molar-refractivity contribution is -0.386. The first-order valence-electron chi connectivity index (χ1n) is 6.97. The lowest BCUT2D eigenvalue weighted by atomic mass is 10.3. The van der Waals surface area contributed by atoms with Crippen molar-refractivity contribution in [1.82, 2.24) is 20.2 Å². The van der Waals surface area contributed by atoms with Gasteiger partial charge in [-0.05, 0) is 34.7 Å². The van der Waals surface area contributed by atoms with Gasteiger partial charge in [-0.25, -0.2) is 0 Å². The van der Waals surface area contributed by atoms with E-state index in [4.69, 9.17) is 9.47 Å². The second kappa shape index (κ2) is 6.73. The van der Waals surface area contributed by atoms with Crippen LogP contribution in [0.3, 0.4) is 0 Å². The Morgan fingerprint density at radius 3 is 2.71 bits per heavy atom. The van der Waals surface area contributed by atoms with E-state index < -0.39 is 4.92 Å². The average molecular weight is 327 g/mol. The maximum Gasteiger partial charge on any atom is 0.314 e. The monoisotopic (exact) mass is 327 g/mol. The second-order valence-electron chi connectivity index (χ2n) is 4.72. The summed E-state index contributed by atoms with van der Waals surface area (Å²) in [5.74, 6) is 0.915. The van der Waals surface area contributed by atoms with Gasteiger partial charge in [0.15, 0.2) is 18.2 Å². The van der Waals surface area contributed by atoms with E-state index in [9.17, 15) is 10.1 Å². The van der Waals surface area contributed by atoms with E-state index in [1.807, 2.05) is 30.3 Å². The van der Waals surface area contributed by atoms with Gasteiger partial charge < -0.3 is 9.47 Å². The van der Waals surface area contributed by atoms with Gasteiger partial charge in [0, 0.05) is 0 Å². The Balaban J connectivity index is 1.83. The van der Waals surface area contributed by atoms with Crippen molar-refractivity contribution < 1.29 is 14.4 Å². The van der Waals surface area contributed by atoms with Crippen molar-refractivity contribution in [3.05, 3.63) is 64.5 Å². The number of nitro groups is 1. The molecule has 3 rings (SSSR count). The van der Waals surface area contributed by atoms with Crippen LogP contribution in [0, 0.1) is 10.1 Å². The number of hydrogen-bond acceptors (Lipinski definition) is 7. The minimum Gasteiger partial charge on any atom is -0.496 e. The summed E-state index contributed by atoms with van der Waals surface area (Å²) in [5.41, 5.74) is 0.582. The molecule has 0 amide bonds. The van der Waals surface area contributed by atoms with Crippen LogP contribution in [0.5, 0.6) is 11.5 Å². The molecule has 0 aliphatic carbocycles. The molecular weight excluding hydrogens is 314 g/mol. The van der Waals surface area contributed by atoms with Crippen LogP contribution in [0.4, 0.5) is 5.69 Å². The number of nitro benzene ring substituents is 1. The van der Waals surface area contributed by atoms with Crippen molar-refractivity contribution in [2.75, 3.05) is 7.11 Å². The van der Waals surface area contributed by atoms with E-state index >= 15 is 0 Å². The van der Waals surface area contributed by atoms with Gasteiger partial charge in [-0.15, -0.1) is 5.10 Å². The minimum atomic E-state index is -0.530. The molecule has 0 aliphatic heterocycles. The normalized spacial score (nSPS) is 10.4. The van der Waals surface area contributed by atoms with Crippen LogP contribution in [0.2, 0.25) is 0 Å². The van der Waals surface area contributed by atoms with Crippen molar-refractivity contribution >= 4 is 5.69 Å². The Morgan fingerprint density at radius 1 is 1.21 bits per heavy atom. The van der Waals surface area contributed by atoms with Crippen molar-refractivity contribution in [2.45, 2.75) is 6.61 Å². The number of nitrogens with zero attached hydrogens (tertiary/aromatic N) is 5. The molecule has 0 N–H and O–H groups in total. The lowest BCUT2D eigenvalue weighted by Gasteiger charge is -2.08. The van der Waals surface area contributed by atoms with Crippen LogP contribution in [-0.2, 0) is 6.61 Å². The molecule has 2 aromatic carbocycles. The fourth-order valence-electron chi connectivity index (χ4n) is 2.10. The zero-order chi connectivity index (χ0) is 16.9. The van der Waals surface area contributed by atoms with Gasteiger partial charge in [-0.1, -0.05) is 18.2 Å². The minimum absolute atomic E-state index is 0.0188. The fraction of sp³-hybridized carbons (Fsp3) is 0.133. The van der Waals surface area contributed by atoms with Crippen molar-refractivity contribution in [3.63, 3.8) is 0 Å². The van der Waals surface area contributed by atoms with Crippen LogP contribution in [0.15, 0.2) is 48.5 Å². The number of rotatable bonds is 6. The van der Waals surface area contributed by atoms with Gasteiger partial charge in [0.25, 0.3) is 0 Å². The first-order valence-corrected chi connectivity index (χ1v) is 6.97. The Hall–Kier alpha value is -3.49. The standard InChI is InChI=1S/C15H13N5O4/c1-23-12-7-8-14(13(9-12)20(21)22)24-10-15-16-17-18-19(15)11-5-3-2-4-6-11/h2-9H,10H2,1H3. The molecule has 0 unspecified atom stereocenters. The second-order valence-corrected chi connectivity index (χ2v) is 4.72. The molecule has 0 saturated carbocycles. The van der Waals surface area contributed by atoms with E-state index in [1.54, 1.807) is 6.07 Å². The number of para-hydroxylation sites is 1. The molecule has 0 radical (unpaired) electrons. The van der Waals surface area contributed by atoms with Gasteiger partial charge >= 0.3 is 5.69 Å². The molecule has 0 bridgehead atoms. The van der Waals surface area contributed by atoms with Gasteiger partial charge in [0.1, 0.15) is 5.75 Å². The number of ether oxygens (including phenoxy) is 2. The molecule has 9 nitrogen and oxygen atoms in total. The summed E-state index contributed by atoms with van der Waals surface area (Å²) in [6.07, 6.45) is 0. The number of methoxy groups -OCH3 is 1. The highest BCUT2D eigenvalue weighted by molar-refractivity contribution is 5.50. The summed E-state index contributed by atoms with van der Waals surface area (Å²) >= 11 is 0. The highest BCUT2D eigenvalue weighted by Crippen LogP contribution is 2.31. The summed E-state index contributed by atoms with van der Waals surface area (Å²) < 4.78 is 12.0. The maximum absolute atomic E-state index is 11.2. The summed E-state index contributed by atoms with van der Waals surface area (Å²) in [6, 6.07) is 13.6. The predicted molar refractivity (Wildman–Crippen MR) is 83.1 cm³/mol. The smallest absolute Gasteiger partial charge is 0.314 e. The van der Waals surface area contributed by atoms with Crippen molar-refractivity contribution in [1.29, 1.82) is 0 Å². The third-order valence-corrected chi connectivity index (χ3v) is 3.25. The molecule has 122 valence electrons. The van der Waals surface area contributed by atoms with Crippen LogP contribution in [0.25, 0.3) is 5.69 Å². The highest BCUT2D eigenvalue weighted by atomic mass is 16.6. The Bertz CT molecular complexity index is 850. The molecule has 9 heteroatoms. The molecule has 24 heavy (non-hydrogen) atoms. The lowest BCUT2D eigenvalue weighted by Crippen LogP contribution is -2.07. The summed E-state index contributed by atoms with van der Waals surface area (Å²) in [7, 11) is 1.44. The number of benzene rings is 2. The van der Waals surface area contributed by atoms with E-state index in [0.29, 0.717) is 11.6 Å². The van der Waals surface area contributed by atoms with Crippen LogP contribution in [-0.4, -0.2) is 32.2 Å².